The van der Waals surface area contributed by atoms with Gasteiger partial charge in [-0.05, 0) is 80.8 Å². The number of carbonyl (C=O) groups excluding carboxylic acids is 6. The first-order valence-corrected chi connectivity index (χ1v) is 23.3. The maximum atomic E-state index is 14.4. The van der Waals surface area contributed by atoms with Crippen molar-refractivity contribution >= 4 is 40.9 Å². The Hall–Kier alpha value is -3.98. The monoisotopic (exact) mass is 898 g/mol. The van der Waals surface area contributed by atoms with Crippen LogP contribution in [0, 0.1) is 35.5 Å². The highest BCUT2D eigenvalue weighted by atomic mass is 16.5. The number of nitrogens with zero attached hydrogens (tertiary/aromatic N) is 3. The highest BCUT2D eigenvalue weighted by Crippen LogP contribution is 2.31. The number of rotatable bonds is 28. The van der Waals surface area contributed by atoms with Gasteiger partial charge in [0.25, 0.3) is 0 Å². The molecule has 9 atom stereocenters. The molecule has 0 radical (unpaired) electrons. The van der Waals surface area contributed by atoms with Gasteiger partial charge in [-0.1, -0.05) is 86.9 Å². The average molecular weight is 898 g/mol. The highest BCUT2D eigenvalue weighted by Gasteiger charge is 2.43. The van der Waals surface area contributed by atoms with Crippen molar-refractivity contribution in [2.24, 2.45) is 35.5 Å². The molecule has 2 N–H and O–H groups in total. The number of methoxy groups -OCH3 is 2. The molecular formula is C50H83N5O9. The summed E-state index contributed by atoms with van der Waals surface area (Å²) in [6.07, 6.45) is 4.85. The van der Waals surface area contributed by atoms with Crippen molar-refractivity contribution in [3.63, 3.8) is 0 Å². The summed E-state index contributed by atoms with van der Waals surface area (Å²) in [5.74, 6) is -1.80. The standard InChI is InChI=1S/C50H83N5O9/c1-16-34(8)47(54(13)50(61)41(32(4)5)27-43(58)46(33(6)7)53(11)12)44(62-14)28-45(59)55-25-17-18-42(55)48(63-15)35(9)49(60)52-39(26-31(2)3)23-24-40(57)30-64-29-37-19-21-38(22-20-37)51-36(10)56/h19-24,31-35,39,41-42,44,46-48H,16-18,25-30H2,1-15H3,(H,51,56)(H,52,60)/b24-23+/t34-,35+,39+,41-,42-,44+,46-,47-,48+/m0/s1. The average Bonchev–Trinajstić information content (AvgIpc) is 3.71. The van der Waals surface area contributed by atoms with Crippen LogP contribution < -0.4 is 10.6 Å². The van der Waals surface area contributed by atoms with Gasteiger partial charge in [0.05, 0.1) is 49.3 Å². The number of nitrogens with one attached hydrogen (secondary N) is 2. The zero-order chi connectivity index (χ0) is 48.4. The molecule has 0 unspecified atom stereocenters. The van der Waals surface area contributed by atoms with Crippen LogP contribution in [0.3, 0.4) is 0 Å². The normalized spacial score (nSPS) is 18.2. The fourth-order valence-electron chi connectivity index (χ4n) is 9.21. The van der Waals surface area contributed by atoms with E-state index in [9.17, 15) is 28.8 Å². The molecule has 1 aromatic rings. The van der Waals surface area contributed by atoms with E-state index < -0.39 is 36.1 Å². The van der Waals surface area contributed by atoms with Gasteiger partial charge in [0.15, 0.2) is 11.6 Å². The van der Waals surface area contributed by atoms with E-state index in [-0.39, 0.29) is 97.0 Å². The predicted octanol–water partition coefficient (Wildman–Crippen LogP) is 6.56. The second-order valence-corrected chi connectivity index (χ2v) is 19.2. The molecule has 4 amide bonds. The SMILES string of the molecule is CC[C@H](C)[C@@H]([C@@H](CC(=O)N1CCC[C@H]1[C@H](OC)[C@@H](C)C(=O)N[C@H](/C=C/C(=O)COCc1ccc(NC(C)=O)cc1)CC(C)C)OC)N(C)C(=O)[C@@H](CC(=O)[C@H](C(C)C)N(C)C)C(C)C. The van der Waals surface area contributed by atoms with E-state index in [1.807, 2.05) is 77.6 Å². The molecule has 0 bridgehead atoms. The predicted molar refractivity (Wildman–Crippen MR) is 252 cm³/mol. The quantitative estimate of drug-likeness (QED) is 0.0882. The van der Waals surface area contributed by atoms with Crippen molar-refractivity contribution in [2.45, 2.75) is 151 Å². The molecule has 1 saturated heterocycles. The fraction of sp³-hybridized carbons (Fsp3) is 0.720. The molecule has 1 fully saturated rings. The van der Waals surface area contributed by atoms with Gasteiger partial charge in [-0.15, -0.1) is 0 Å². The van der Waals surface area contributed by atoms with Crippen LogP contribution in [0.5, 0.6) is 0 Å². The lowest BCUT2D eigenvalue weighted by molar-refractivity contribution is -0.149. The minimum absolute atomic E-state index is 0.0121. The minimum Gasteiger partial charge on any atom is -0.379 e. The Morgan fingerprint density at radius 1 is 0.891 bits per heavy atom. The van der Waals surface area contributed by atoms with Crippen molar-refractivity contribution in [3.05, 3.63) is 42.0 Å². The van der Waals surface area contributed by atoms with E-state index in [0.717, 1.165) is 18.4 Å². The van der Waals surface area contributed by atoms with Crippen LogP contribution >= 0.6 is 0 Å². The number of ether oxygens (including phenoxy) is 3. The number of anilines is 1. The van der Waals surface area contributed by atoms with E-state index in [0.29, 0.717) is 25.1 Å². The summed E-state index contributed by atoms with van der Waals surface area (Å²) in [5.41, 5.74) is 1.53. The third-order valence-corrected chi connectivity index (χ3v) is 12.7. The first-order valence-electron chi connectivity index (χ1n) is 23.3. The second kappa shape index (κ2) is 27.5. The van der Waals surface area contributed by atoms with Crippen LogP contribution in [0.1, 0.15) is 113 Å². The van der Waals surface area contributed by atoms with Crippen molar-refractivity contribution in [2.75, 3.05) is 53.8 Å². The molecule has 2 rings (SSSR count). The van der Waals surface area contributed by atoms with Gasteiger partial charge >= 0.3 is 0 Å². The third-order valence-electron chi connectivity index (χ3n) is 12.7. The van der Waals surface area contributed by atoms with Gasteiger partial charge < -0.3 is 34.6 Å². The Morgan fingerprint density at radius 3 is 2.05 bits per heavy atom. The maximum absolute atomic E-state index is 14.4. The lowest BCUT2D eigenvalue weighted by Gasteiger charge is -2.41. The van der Waals surface area contributed by atoms with Crippen molar-refractivity contribution in [3.8, 4) is 0 Å². The summed E-state index contributed by atoms with van der Waals surface area (Å²) >= 11 is 0. The zero-order valence-corrected chi connectivity index (χ0v) is 41.8. The molecular weight excluding hydrogens is 815 g/mol. The number of ketones is 2. The molecule has 0 spiro atoms. The van der Waals surface area contributed by atoms with Crippen molar-refractivity contribution < 1.29 is 43.0 Å². The first kappa shape index (κ1) is 56.2. The molecule has 1 aromatic carbocycles. The molecule has 0 aliphatic carbocycles. The summed E-state index contributed by atoms with van der Waals surface area (Å²) in [7, 11) is 8.69. The van der Waals surface area contributed by atoms with Gasteiger partial charge in [0.2, 0.25) is 23.6 Å². The Labute approximate surface area is 384 Å². The van der Waals surface area contributed by atoms with Crippen LogP contribution in [0.25, 0.3) is 0 Å². The molecule has 14 heteroatoms. The fourth-order valence-corrected chi connectivity index (χ4v) is 9.21. The Balaban J connectivity index is 2.19. The number of benzene rings is 1. The van der Waals surface area contributed by atoms with Crippen LogP contribution in [0.2, 0.25) is 0 Å². The number of amides is 4. The van der Waals surface area contributed by atoms with Gasteiger partial charge in [-0.3, -0.25) is 33.7 Å². The van der Waals surface area contributed by atoms with Crippen molar-refractivity contribution in [1.82, 2.24) is 20.0 Å². The molecule has 1 heterocycles. The molecule has 362 valence electrons. The number of likely N-dealkylation sites (tertiary alicyclic amines) is 1. The Morgan fingerprint density at radius 2 is 1.53 bits per heavy atom. The first-order chi connectivity index (χ1) is 30.1. The molecule has 14 nitrogen and oxygen atoms in total. The summed E-state index contributed by atoms with van der Waals surface area (Å²) in [6.45, 7) is 20.0. The number of hydrogen-bond acceptors (Lipinski definition) is 10. The van der Waals surface area contributed by atoms with E-state index >= 15 is 0 Å². The van der Waals surface area contributed by atoms with E-state index in [1.54, 1.807) is 51.3 Å². The smallest absolute Gasteiger partial charge is 0.226 e. The van der Waals surface area contributed by atoms with Gasteiger partial charge in [-0.25, -0.2) is 0 Å². The minimum atomic E-state index is -0.629. The molecule has 0 saturated carbocycles. The lowest BCUT2D eigenvalue weighted by atomic mass is 9.83. The largest absolute Gasteiger partial charge is 0.379 e. The Bertz CT molecular complexity index is 1670. The topological polar surface area (TPSA) is 164 Å². The summed E-state index contributed by atoms with van der Waals surface area (Å²) < 4.78 is 17.7. The molecule has 1 aliphatic heterocycles. The molecule has 1 aliphatic rings. The number of carbonyl (C=O) groups is 6. The second-order valence-electron chi connectivity index (χ2n) is 19.2. The maximum Gasteiger partial charge on any atom is 0.226 e. The van der Waals surface area contributed by atoms with Gasteiger partial charge in [-0.2, -0.15) is 0 Å². The van der Waals surface area contributed by atoms with E-state index in [2.05, 4.69) is 24.5 Å². The highest BCUT2D eigenvalue weighted by molar-refractivity contribution is 5.91. The zero-order valence-electron chi connectivity index (χ0n) is 41.8. The lowest BCUT2D eigenvalue weighted by Crippen LogP contribution is -2.54. The summed E-state index contributed by atoms with van der Waals surface area (Å²) in [6, 6.07) is 5.68. The summed E-state index contributed by atoms with van der Waals surface area (Å²) in [5, 5.41) is 5.83. The van der Waals surface area contributed by atoms with Crippen molar-refractivity contribution in [1.29, 1.82) is 0 Å². The van der Waals surface area contributed by atoms with Crippen LogP contribution in [-0.4, -0.2) is 135 Å². The van der Waals surface area contributed by atoms with Crippen LogP contribution in [0.4, 0.5) is 5.69 Å². The van der Waals surface area contributed by atoms with Gasteiger partial charge in [0, 0.05) is 58.8 Å². The Kier molecular flexibility index (Phi) is 24.1. The van der Waals surface area contributed by atoms with E-state index in [1.165, 1.54) is 13.0 Å². The number of hydrogen-bond donors (Lipinski definition) is 2. The number of Topliss-reactive ketones (excluding diaryl/α,β-unsaturated/α-hetero) is 1. The van der Waals surface area contributed by atoms with Crippen LogP contribution in [0.15, 0.2) is 36.4 Å². The van der Waals surface area contributed by atoms with E-state index in [4.69, 9.17) is 14.2 Å². The number of likely N-dealkylation sites (N-methyl/N-ethyl adjacent to an activating group) is 2. The van der Waals surface area contributed by atoms with Gasteiger partial charge in [0.1, 0.15) is 6.61 Å². The molecule has 64 heavy (non-hydrogen) atoms. The van der Waals surface area contributed by atoms with Crippen LogP contribution in [-0.2, 0) is 49.6 Å². The third kappa shape index (κ3) is 17.1. The molecule has 0 aromatic heterocycles. The summed E-state index contributed by atoms with van der Waals surface area (Å²) in [4.78, 5) is 85.8.